The second-order valence-electron chi connectivity index (χ2n) is 4.95. The molecule has 2 rings (SSSR count). The van der Waals surface area contributed by atoms with Gasteiger partial charge in [-0.25, -0.2) is 4.79 Å². The molecule has 1 saturated carbocycles. The number of benzene rings is 1. The summed E-state index contributed by atoms with van der Waals surface area (Å²) in [5.74, 6) is 0.318. The van der Waals surface area contributed by atoms with Crippen LogP contribution in [0.1, 0.15) is 49.4 Å². The first-order valence-corrected chi connectivity index (χ1v) is 7.15. The highest BCUT2D eigenvalue weighted by molar-refractivity contribution is 7.80. The van der Waals surface area contributed by atoms with Crippen molar-refractivity contribution in [2.45, 2.75) is 50.0 Å². The second kappa shape index (κ2) is 6.28. The Morgan fingerprint density at radius 3 is 2.89 bits per heavy atom. The van der Waals surface area contributed by atoms with E-state index in [2.05, 4.69) is 19.6 Å². The van der Waals surface area contributed by atoms with Crippen molar-refractivity contribution in [3.63, 3.8) is 0 Å². The third-order valence-corrected chi connectivity index (χ3v) is 3.98. The molecule has 0 heterocycles. The fraction of sp³-hybridized carbons (Fsp3) is 0.533. The van der Waals surface area contributed by atoms with Crippen LogP contribution in [0.4, 0.5) is 0 Å². The average Bonchev–Trinajstić information content (AvgIpc) is 2.39. The molecule has 0 N–H and O–H groups in total. The molecule has 1 aliphatic carbocycles. The van der Waals surface area contributed by atoms with E-state index in [4.69, 9.17) is 4.74 Å². The van der Waals surface area contributed by atoms with Crippen molar-refractivity contribution in [3.05, 3.63) is 29.8 Å². The van der Waals surface area contributed by atoms with E-state index in [1.54, 1.807) is 12.1 Å². The quantitative estimate of drug-likeness (QED) is 0.657. The van der Waals surface area contributed by atoms with Crippen LogP contribution in [0, 0.1) is 5.92 Å². The van der Waals surface area contributed by atoms with Gasteiger partial charge in [-0.15, -0.1) is 12.6 Å². The molecule has 3 heteroatoms. The van der Waals surface area contributed by atoms with Crippen LogP contribution in [0.2, 0.25) is 0 Å². The molecule has 2 nitrogen and oxygen atoms in total. The summed E-state index contributed by atoms with van der Waals surface area (Å²) in [7, 11) is 0. The van der Waals surface area contributed by atoms with Gasteiger partial charge in [0.15, 0.2) is 0 Å². The third-order valence-electron chi connectivity index (χ3n) is 3.70. The molecule has 0 spiro atoms. The molecule has 0 amide bonds. The van der Waals surface area contributed by atoms with Gasteiger partial charge < -0.3 is 4.74 Å². The van der Waals surface area contributed by atoms with Crippen LogP contribution in [0.25, 0.3) is 0 Å². The van der Waals surface area contributed by atoms with E-state index in [0.717, 1.165) is 17.7 Å². The molecule has 98 valence electrons. The Hall–Kier alpha value is -0.960. The first kappa shape index (κ1) is 13.5. The Bertz CT molecular complexity index is 417. The van der Waals surface area contributed by atoms with E-state index in [0.29, 0.717) is 11.5 Å². The highest BCUT2D eigenvalue weighted by Gasteiger charge is 2.27. The molecule has 18 heavy (non-hydrogen) atoms. The number of hydrogen-bond donors (Lipinski definition) is 1. The van der Waals surface area contributed by atoms with E-state index in [1.807, 2.05) is 12.1 Å². The van der Waals surface area contributed by atoms with Gasteiger partial charge in [0.05, 0.1) is 5.56 Å². The van der Waals surface area contributed by atoms with Gasteiger partial charge in [0.25, 0.3) is 0 Å². The summed E-state index contributed by atoms with van der Waals surface area (Å²) in [4.78, 5) is 12.9. The smallest absolute Gasteiger partial charge is 0.338 e. The first-order chi connectivity index (χ1) is 8.70. The Kier molecular flexibility index (Phi) is 4.70. The number of esters is 1. The molecule has 1 fully saturated rings. The van der Waals surface area contributed by atoms with Crippen LogP contribution < -0.4 is 0 Å². The maximum atomic E-state index is 12.1. The maximum absolute atomic E-state index is 12.1. The third kappa shape index (κ3) is 3.29. The molecule has 1 aromatic rings. The highest BCUT2D eigenvalue weighted by Crippen LogP contribution is 2.29. The summed E-state index contributed by atoms with van der Waals surface area (Å²) in [6.45, 7) is 2.17. The van der Waals surface area contributed by atoms with Crippen molar-refractivity contribution in [1.82, 2.24) is 0 Å². The number of carbonyl (C=O) groups is 1. The number of ether oxygens (including phenoxy) is 1. The Labute approximate surface area is 114 Å². The number of carbonyl (C=O) groups excluding carboxylic acids is 1. The molecule has 0 saturated heterocycles. The number of rotatable bonds is 3. The van der Waals surface area contributed by atoms with Crippen LogP contribution in [-0.2, 0) is 4.74 Å². The lowest BCUT2D eigenvalue weighted by atomic mass is 9.85. The van der Waals surface area contributed by atoms with Crippen molar-refractivity contribution in [2.24, 2.45) is 5.92 Å². The normalized spacial score (nSPS) is 23.7. The van der Waals surface area contributed by atoms with Crippen LogP contribution >= 0.6 is 12.6 Å². The standard InChI is InChI=1S/C15H20O2S/c1-2-11-6-3-4-9-14(11)17-15(16)12-7-5-8-13(18)10-12/h5,7-8,10-11,14,18H,2-4,6,9H2,1H3. The predicted octanol–water partition coefficient (Wildman–Crippen LogP) is 4.10. The van der Waals surface area contributed by atoms with Gasteiger partial charge >= 0.3 is 5.97 Å². The average molecular weight is 264 g/mol. The van der Waals surface area contributed by atoms with Gasteiger partial charge in [-0.1, -0.05) is 19.4 Å². The van der Waals surface area contributed by atoms with E-state index in [9.17, 15) is 4.79 Å². The molecule has 1 aromatic carbocycles. The summed E-state index contributed by atoms with van der Waals surface area (Å²) in [5.41, 5.74) is 0.600. The van der Waals surface area contributed by atoms with Gasteiger partial charge in [-0.3, -0.25) is 0 Å². The lowest BCUT2D eigenvalue weighted by molar-refractivity contribution is 0.000685. The maximum Gasteiger partial charge on any atom is 0.338 e. The van der Waals surface area contributed by atoms with Crippen LogP contribution in [0.5, 0.6) is 0 Å². The van der Waals surface area contributed by atoms with Gasteiger partial charge in [0.1, 0.15) is 6.10 Å². The van der Waals surface area contributed by atoms with E-state index in [-0.39, 0.29) is 12.1 Å². The molecular formula is C15H20O2S. The van der Waals surface area contributed by atoms with Crippen LogP contribution in [0.3, 0.4) is 0 Å². The fourth-order valence-electron chi connectivity index (χ4n) is 2.63. The first-order valence-electron chi connectivity index (χ1n) is 6.70. The summed E-state index contributed by atoms with van der Waals surface area (Å²) in [5, 5.41) is 0. The molecule has 2 unspecified atom stereocenters. The molecular weight excluding hydrogens is 244 g/mol. The monoisotopic (exact) mass is 264 g/mol. The summed E-state index contributed by atoms with van der Waals surface area (Å²) < 4.78 is 5.66. The molecule has 0 aliphatic heterocycles. The van der Waals surface area contributed by atoms with E-state index in [1.165, 1.54) is 19.3 Å². The topological polar surface area (TPSA) is 26.3 Å². The van der Waals surface area contributed by atoms with Crippen LogP contribution in [-0.4, -0.2) is 12.1 Å². The minimum absolute atomic E-state index is 0.0971. The van der Waals surface area contributed by atoms with E-state index >= 15 is 0 Å². The van der Waals surface area contributed by atoms with E-state index < -0.39 is 0 Å². The van der Waals surface area contributed by atoms with Crippen molar-refractivity contribution in [1.29, 1.82) is 0 Å². The van der Waals surface area contributed by atoms with Gasteiger partial charge in [-0.05, 0) is 49.8 Å². The lowest BCUT2D eigenvalue weighted by Gasteiger charge is -2.30. The highest BCUT2D eigenvalue weighted by atomic mass is 32.1. The van der Waals surface area contributed by atoms with Gasteiger partial charge in [0, 0.05) is 4.90 Å². The minimum atomic E-state index is -0.212. The molecule has 2 atom stereocenters. The fourth-order valence-corrected chi connectivity index (χ4v) is 2.86. The summed E-state index contributed by atoms with van der Waals surface area (Å²) >= 11 is 4.24. The van der Waals surface area contributed by atoms with Crippen LogP contribution in [0.15, 0.2) is 29.2 Å². The Morgan fingerprint density at radius 2 is 2.17 bits per heavy atom. The number of thiol groups is 1. The molecule has 0 aromatic heterocycles. The second-order valence-corrected chi connectivity index (χ2v) is 5.46. The van der Waals surface area contributed by atoms with Crippen molar-refractivity contribution >= 4 is 18.6 Å². The zero-order valence-electron chi connectivity index (χ0n) is 10.8. The molecule has 1 aliphatic rings. The lowest BCUT2D eigenvalue weighted by Crippen LogP contribution is -2.29. The van der Waals surface area contributed by atoms with Crippen molar-refractivity contribution < 1.29 is 9.53 Å². The summed E-state index contributed by atoms with van der Waals surface area (Å²) in [6, 6.07) is 7.23. The van der Waals surface area contributed by atoms with Gasteiger partial charge in [-0.2, -0.15) is 0 Å². The molecule has 0 bridgehead atoms. The Morgan fingerprint density at radius 1 is 1.39 bits per heavy atom. The predicted molar refractivity (Wildman–Crippen MR) is 75.1 cm³/mol. The Balaban J connectivity index is 2.02. The van der Waals surface area contributed by atoms with Crippen molar-refractivity contribution in [2.75, 3.05) is 0 Å². The SMILES string of the molecule is CCC1CCCCC1OC(=O)c1cccc(S)c1. The molecule has 0 radical (unpaired) electrons. The zero-order chi connectivity index (χ0) is 13.0. The van der Waals surface area contributed by atoms with Gasteiger partial charge in [0.2, 0.25) is 0 Å². The number of hydrogen-bond acceptors (Lipinski definition) is 3. The van der Waals surface area contributed by atoms with Crippen molar-refractivity contribution in [3.8, 4) is 0 Å². The summed E-state index contributed by atoms with van der Waals surface area (Å²) in [6.07, 6.45) is 5.80. The largest absolute Gasteiger partial charge is 0.458 e. The minimum Gasteiger partial charge on any atom is -0.458 e. The zero-order valence-corrected chi connectivity index (χ0v) is 11.7.